The Morgan fingerprint density at radius 1 is 1.11 bits per heavy atom. The van der Waals surface area contributed by atoms with Crippen molar-refractivity contribution in [3.63, 3.8) is 0 Å². The SMILES string of the molecule is C=Cc1c(/C(=C\C)C(=O)NCc2ccc(CS(=O)N3CCOCC3)cc2)cnn1-c1ccc(C)cc1. The topological polar surface area (TPSA) is 76.5 Å². The maximum Gasteiger partial charge on any atom is 0.251 e. The van der Waals surface area contributed by atoms with Gasteiger partial charge in [-0.2, -0.15) is 5.10 Å². The van der Waals surface area contributed by atoms with Gasteiger partial charge >= 0.3 is 0 Å². The van der Waals surface area contributed by atoms with Crippen molar-refractivity contribution in [1.29, 1.82) is 0 Å². The molecular formula is C28H32N4O3S. The molecular weight excluding hydrogens is 472 g/mol. The summed E-state index contributed by atoms with van der Waals surface area (Å²) >= 11 is 0. The van der Waals surface area contributed by atoms with Gasteiger partial charge in [-0.3, -0.25) is 4.79 Å². The Morgan fingerprint density at radius 2 is 1.78 bits per heavy atom. The zero-order valence-electron chi connectivity index (χ0n) is 20.8. The predicted molar refractivity (Wildman–Crippen MR) is 145 cm³/mol. The van der Waals surface area contributed by atoms with Crippen LogP contribution >= 0.6 is 0 Å². The lowest BCUT2D eigenvalue weighted by Gasteiger charge is -2.25. The van der Waals surface area contributed by atoms with Gasteiger partial charge in [0.15, 0.2) is 0 Å². The minimum atomic E-state index is -1.06. The average molecular weight is 505 g/mol. The Bertz CT molecular complexity index is 1260. The molecule has 7 nitrogen and oxygen atoms in total. The quantitative estimate of drug-likeness (QED) is 0.446. The molecule has 2 heterocycles. The van der Waals surface area contributed by atoms with Crippen LogP contribution in [-0.4, -0.2) is 50.5 Å². The lowest BCUT2D eigenvalue weighted by atomic mass is 10.0. The van der Waals surface area contributed by atoms with Gasteiger partial charge < -0.3 is 10.1 Å². The largest absolute Gasteiger partial charge is 0.379 e. The Balaban J connectivity index is 1.39. The highest BCUT2D eigenvalue weighted by Gasteiger charge is 2.19. The molecule has 36 heavy (non-hydrogen) atoms. The van der Waals surface area contributed by atoms with Crippen molar-refractivity contribution < 1.29 is 13.7 Å². The number of carbonyl (C=O) groups excluding carboxylic acids is 1. The third kappa shape index (κ3) is 6.07. The van der Waals surface area contributed by atoms with Gasteiger partial charge in [-0.05, 0) is 43.2 Å². The number of benzene rings is 2. The number of carbonyl (C=O) groups is 1. The van der Waals surface area contributed by atoms with Crippen molar-refractivity contribution >= 4 is 28.5 Å². The van der Waals surface area contributed by atoms with Crippen LogP contribution in [0.4, 0.5) is 0 Å². The Morgan fingerprint density at radius 3 is 2.42 bits per heavy atom. The second kappa shape index (κ2) is 12.1. The fourth-order valence-corrected chi connectivity index (χ4v) is 5.29. The third-order valence-electron chi connectivity index (χ3n) is 6.13. The maximum atomic E-state index is 13.1. The normalized spacial score (nSPS) is 15.4. The smallest absolute Gasteiger partial charge is 0.251 e. The first-order valence-electron chi connectivity index (χ1n) is 12.0. The molecule has 1 aliphatic rings. The standard InChI is InChI=1S/C28H32N4O3S/c1-4-25(26-19-30-32(27(26)5-2)24-12-6-21(3)7-13-24)28(33)29-18-22-8-10-23(11-9-22)20-36(34)31-14-16-35-17-15-31/h4-13,19H,2,14-18,20H2,1,3H3,(H,29,33)/b25-4+. The average Bonchev–Trinajstić information content (AvgIpc) is 3.33. The molecule has 1 saturated heterocycles. The van der Waals surface area contributed by atoms with Crippen molar-refractivity contribution in [3.8, 4) is 5.69 Å². The molecule has 1 atom stereocenters. The van der Waals surface area contributed by atoms with E-state index in [9.17, 15) is 9.00 Å². The van der Waals surface area contributed by atoms with Crippen LogP contribution in [-0.2, 0) is 32.8 Å². The van der Waals surface area contributed by atoms with E-state index < -0.39 is 11.0 Å². The fraction of sp³-hybridized carbons (Fsp3) is 0.286. The van der Waals surface area contributed by atoms with Crippen molar-refractivity contribution in [3.05, 3.63) is 95.3 Å². The molecule has 1 aromatic heterocycles. The number of hydrogen-bond donors (Lipinski definition) is 1. The number of morpholine rings is 1. The number of ether oxygens (including phenoxy) is 1. The predicted octanol–water partition coefficient (Wildman–Crippen LogP) is 4.04. The first-order valence-corrected chi connectivity index (χ1v) is 13.3. The summed E-state index contributed by atoms with van der Waals surface area (Å²) < 4.78 is 21.6. The van der Waals surface area contributed by atoms with Gasteiger partial charge in [0.05, 0.1) is 47.5 Å². The van der Waals surface area contributed by atoms with Crippen molar-refractivity contribution in [2.24, 2.45) is 0 Å². The molecule has 4 rings (SSSR count). The number of rotatable bonds is 9. The van der Waals surface area contributed by atoms with E-state index in [1.54, 1.807) is 23.0 Å². The second-order valence-electron chi connectivity index (χ2n) is 8.60. The maximum absolute atomic E-state index is 13.1. The van der Waals surface area contributed by atoms with Crippen LogP contribution in [0.5, 0.6) is 0 Å². The van der Waals surface area contributed by atoms with E-state index in [4.69, 9.17) is 4.74 Å². The van der Waals surface area contributed by atoms with Gasteiger partial charge in [-0.1, -0.05) is 54.6 Å². The highest BCUT2D eigenvalue weighted by atomic mass is 32.2. The monoisotopic (exact) mass is 504 g/mol. The second-order valence-corrected chi connectivity index (χ2v) is 10.1. The zero-order chi connectivity index (χ0) is 25.5. The summed E-state index contributed by atoms with van der Waals surface area (Å²) in [6.07, 6.45) is 5.22. The van der Waals surface area contributed by atoms with Crippen LogP contribution in [0.2, 0.25) is 0 Å². The molecule has 1 aliphatic heterocycles. The van der Waals surface area contributed by atoms with Gasteiger partial charge in [-0.25, -0.2) is 13.2 Å². The van der Waals surface area contributed by atoms with Crippen molar-refractivity contribution in [2.75, 3.05) is 26.3 Å². The fourth-order valence-electron chi connectivity index (χ4n) is 4.08. The molecule has 0 bridgehead atoms. The van der Waals surface area contributed by atoms with Crippen molar-refractivity contribution in [2.45, 2.75) is 26.1 Å². The van der Waals surface area contributed by atoms with E-state index in [2.05, 4.69) is 17.0 Å². The van der Waals surface area contributed by atoms with Gasteiger partial charge in [-0.15, -0.1) is 0 Å². The summed E-state index contributed by atoms with van der Waals surface area (Å²) in [6.45, 7) is 10.9. The molecule has 1 N–H and O–H groups in total. The number of allylic oxidation sites excluding steroid dienone is 1. The van der Waals surface area contributed by atoms with E-state index in [0.717, 1.165) is 33.6 Å². The number of nitrogens with zero attached hydrogens (tertiary/aromatic N) is 3. The van der Waals surface area contributed by atoms with Crippen LogP contribution in [0, 0.1) is 6.92 Å². The highest BCUT2D eigenvalue weighted by molar-refractivity contribution is 7.81. The van der Waals surface area contributed by atoms with E-state index >= 15 is 0 Å². The van der Waals surface area contributed by atoms with Gasteiger partial charge in [0.25, 0.3) is 5.91 Å². The number of nitrogens with one attached hydrogen (secondary N) is 1. The third-order valence-corrected chi connectivity index (χ3v) is 7.65. The summed E-state index contributed by atoms with van der Waals surface area (Å²) in [4.78, 5) is 13.1. The van der Waals surface area contributed by atoms with E-state index in [-0.39, 0.29) is 5.91 Å². The molecule has 8 heteroatoms. The summed E-state index contributed by atoms with van der Waals surface area (Å²) in [5.74, 6) is 0.298. The summed E-state index contributed by atoms with van der Waals surface area (Å²) in [5, 5.41) is 7.52. The summed E-state index contributed by atoms with van der Waals surface area (Å²) in [5.41, 5.74) is 6.08. The Kier molecular flexibility index (Phi) is 8.64. The highest BCUT2D eigenvalue weighted by Crippen LogP contribution is 2.24. The minimum Gasteiger partial charge on any atom is -0.379 e. The first-order chi connectivity index (χ1) is 17.5. The van der Waals surface area contributed by atoms with Gasteiger partial charge in [0.2, 0.25) is 0 Å². The molecule has 1 unspecified atom stereocenters. The van der Waals surface area contributed by atoms with E-state index in [0.29, 0.717) is 44.2 Å². The minimum absolute atomic E-state index is 0.179. The van der Waals surface area contributed by atoms with E-state index in [1.165, 1.54) is 0 Å². The number of hydrogen-bond acceptors (Lipinski definition) is 4. The van der Waals surface area contributed by atoms with Gasteiger partial charge in [0.1, 0.15) is 0 Å². The summed E-state index contributed by atoms with van der Waals surface area (Å²) in [6, 6.07) is 15.9. The number of aryl methyl sites for hydroxylation is 1. The molecule has 1 fully saturated rings. The molecule has 1 amide bonds. The van der Waals surface area contributed by atoms with Crippen molar-refractivity contribution in [1.82, 2.24) is 19.4 Å². The van der Waals surface area contributed by atoms with Gasteiger partial charge in [0, 0.05) is 30.8 Å². The zero-order valence-corrected chi connectivity index (χ0v) is 21.6. The Hall–Kier alpha value is -3.33. The molecule has 0 aliphatic carbocycles. The van der Waals surface area contributed by atoms with Crippen LogP contribution in [0.1, 0.15) is 34.9 Å². The molecule has 0 spiro atoms. The van der Waals surface area contributed by atoms with E-state index in [1.807, 2.05) is 66.7 Å². The van der Waals surface area contributed by atoms with Crippen LogP contribution in [0.3, 0.4) is 0 Å². The molecule has 188 valence electrons. The van der Waals surface area contributed by atoms with Crippen LogP contribution in [0.25, 0.3) is 17.3 Å². The Labute approximate surface area is 215 Å². The summed E-state index contributed by atoms with van der Waals surface area (Å²) in [7, 11) is -1.06. The number of aromatic nitrogens is 2. The lowest BCUT2D eigenvalue weighted by Crippen LogP contribution is -2.37. The molecule has 2 aromatic carbocycles. The molecule has 0 radical (unpaired) electrons. The molecule has 3 aromatic rings. The number of amides is 1. The first kappa shape index (κ1) is 25.8. The lowest BCUT2D eigenvalue weighted by molar-refractivity contribution is -0.115. The van der Waals surface area contributed by atoms with Crippen LogP contribution in [0.15, 0.2) is 67.4 Å². The molecule has 0 saturated carbocycles. The van der Waals surface area contributed by atoms with Crippen LogP contribution < -0.4 is 5.32 Å².